The highest BCUT2D eigenvalue weighted by Crippen LogP contribution is 2.24. The molecule has 0 spiro atoms. The summed E-state index contributed by atoms with van der Waals surface area (Å²) in [4.78, 5) is 42.1. The lowest BCUT2D eigenvalue weighted by Crippen LogP contribution is -2.53. The summed E-state index contributed by atoms with van der Waals surface area (Å²) in [5.41, 5.74) is 2.59. The van der Waals surface area contributed by atoms with Crippen LogP contribution in [0.25, 0.3) is 10.9 Å². The van der Waals surface area contributed by atoms with Crippen LogP contribution in [0.5, 0.6) is 0 Å². The Bertz CT molecular complexity index is 1250. The lowest BCUT2D eigenvalue weighted by Gasteiger charge is -2.22. The number of carbonyl (C=O) groups is 3. The molecule has 0 aliphatic heterocycles. The molecular formula is C29H36ClN5O4. The molecule has 0 fully saturated rings. The number of pyridine rings is 1. The lowest BCUT2D eigenvalue weighted by molar-refractivity contribution is -0.129. The molecule has 10 heteroatoms. The molecule has 0 aliphatic rings. The zero-order valence-corrected chi connectivity index (χ0v) is 23.3. The fraction of sp³-hybridized carbons (Fsp3) is 0.379. The molecule has 1 aromatic heterocycles. The molecule has 3 aromatic rings. The van der Waals surface area contributed by atoms with Gasteiger partial charge in [0.15, 0.2) is 0 Å². The first kappa shape index (κ1) is 29.7. The zero-order valence-electron chi connectivity index (χ0n) is 22.5. The normalized spacial score (nSPS) is 12.4. The van der Waals surface area contributed by atoms with Gasteiger partial charge in [0.05, 0.1) is 5.52 Å². The minimum absolute atomic E-state index is 0.0993. The Labute approximate surface area is 234 Å². The van der Waals surface area contributed by atoms with Gasteiger partial charge < -0.3 is 26.0 Å². The maximum atomic E-state index is 12.9. The number of ether oxygens (including phenoxy) is 1. The van der Waals surface area contributed by atoms with Crippen molar-refractivity contribution in [2.24, 2.45) is 5.92 Å². The quantitative estimate of drug-likeness (QED) is 0.229. The molecule has 4 N–H and O–H groups in total. The largest absolute Gasteiger partial charge is 0.445 e. The van der Waals surface area contributed by atoms with Crippen molar-refractivity contribution in [2.45, 2.75) is 52.3 Å². The number of rotatable bonds is 13. The van der Waals surface area contributed by atoms with Crippen LogP contribution < -0.4 is 21.3 Å². The summed E-state index contributed by atoms with van der Waals surface area (Å²) in [6, 6.07) is 15.1. The van der Waals surface area contributed by atoms with Gasteiger partial charge in [-0.15, -0.1) is 0 Å². The van der Waals surface area contributed by atoms with Gasteiger partial charge in [0.25, 0.3) is 0 Å². The number of nitrogens with one attached hydrogen (secondary N) is 4. The highest BCUT2D eigenvalue weighted by molar-refractivity contribution is 6.31. The van der Waals surface area contributed by atoms with Gasteiger partial charge in [-0.25, -0.2) is 4.79 Å². The van der Waals surface area contributed by atoms with Crippen molar-refractivity contribution in [2.75, 3.05) is 18.4 Å². The van der Waals surface area contributed by atoms with Crippen LogP contribution in [0.4, 0.5) is 10.5 Å². The molecule has 208 valence electrons. The summed E-state index contributed by atoms with van der Waals surface area (Å²) in [5.74, 6) is -0.599. The summed E-state index contributed by atoms with van der Waals surface area (Å²) in [6.07, 6.45) is 2.11. The van der Waals surface area contributed by atoms with Crippen molar-refractivity contribution >= 4 is 46.1 Å². The Morgan fingerprint density at radius 1 is 0.949 bits per heavy atom. The Hall–Kier alpha value is -3.85. The minimum Gasteiger partial charge on any atom is -0.445 e. The van der Waals surface area contributed by atoms with E-state index in [0.717, 1.165) is 22.2 Å². The number of carbonyl (C=O) groups excluding carboxylic acids is 3. The van der Waals surface area contributed by atoms with Gasteiger partial charge >= 0.3 is 6.09 Å². The van der Waals surface area contributed by atoms with E-state index < -0.39 is 24.1 Å². The molecule has 39 heavy (non-hydrogen) atoms. The van der Waals surface area contributed by atoms with Crippen molar-refractivity contribution < 1.29 is 19.1 Å². The molecular weight excluding hydrogens is 518 g/mol. The van der Waals surface area contributed by atoms with Gasteiger partial charge in [0, 0.05) is 35.4 Å². The van der Waals surface area contributed by atoms with E-state index in [9.17, 15) is 14.4 Å². The van der Waals surface area contributed by atoms with Gasteiger partial charge in [-0.1, -0.05) is 55.8 Å². The second-order valence-electron chi connectivity index (χ2n) is 9.71. The average molecular weight is 554 g/mol. The Kier molecular flexibility index (Phi) is 11.4. The maximum absolute atomic E-state index is 12.9. The summed E-state index contributed by atoms with van der Waals surface area (Å²) >= 11 is 6.05. The van der Waals surface area contributed by atoms with E-state index in [0.29, 0.717) is 31.0 Å². The molecule has 0 aliphatic carbocycles. The molecule has 2 atom stereocenters. The molecule has 0 unspecified atom stereocenters. The summed E-state index contributed by atoms with van der Waals surface area (Å²) in [7, 11) is 0. The number of aromatic nitrogens is 1. The standard InChI is InChI=1S/C29H36ClN5O4/c1-19(2)16-26(35-29(38)39-18-21-8-5-4-6-9-21)28(37)34-20(3)27(36)33-14-7-13-31-24-12-15-32-25-17-22(30)10-11-23(24)25/h4-6,8-12,15,17,19-20,26H,7,13-14,16,18H2,1-3H3,(H,31,32)(H,33,36)(H,34,37)(H,35,38)/t20-,26-/m0/s1. The van der Waals surface area contributed by atoms with Crippen LogP contribution in [0, 0.1) is 5.92 Å². The van der Waals surface area contributed by atoms with E-state index in [-0.39, 0.29) is 18.4 Å². The van der Waals surface area contributed by atoms with E-state index in [2.05, 4.69) is 26.3 Å². The van der Waals surface area contributed by atoms with E-state index >= 15 is 0 Å². The number of anilines is 1. The molecule has 1 heterocycles. The van der Waals surface area contributed by atoms with Crippen molar-refractivity contribution in [1.29, 1.82) is 0 Å². The number of nitrogens with zero attached hydrogens (tertiary/aromatic N) is 1. The number of hydrogen-bond donors (Lipinski definition) is 4. The van der Waals surface area contributed by atoms with Gasteiger partial charge in [0.1, 0.15) is 18.7 Å². The number of alkyl carbamates (subject to hydrolysis) is 1. The molecule has 3 amide bonds. The van der Waals surface area contributed by atoms with Gasteiger partial charge in [0.2, 0.25) is 11.8 Å². The van der Waals surface area contributed by atoms with Crippen LogP contribution in [-0.4, -0.2) is 48.1 Å². The second-order valence-corrected chi connectivity index (χ2v) is 10.1. The first-order valence-electron chi connectivity index (χ1n) is 13.1. The Morgan fingerprint density at radius 3 is 2.46 bits per heavy atom. The number of halogens is 1. The van der Waals surface area contributed by atoms with Crippen molar-refractivity contribution in [3.05, 3.63) is 71.4 Å². The summed E-state index contributed by atoms with van der Waals surface area (Å²) in [6.45, 7) is 6.67. The number of amides is 3. The second kappa shape index (κ2) is 14.9. The van der Waals surface area contributed by atoms with Crippen LogP contribution in [0.15, 0.2) is 60.8 Å². The van der Waals surface area contributed by atoms with Gasteiger partial charge in [-0.05, 0) is 55.5 Å². The van der Waals surface area contributed by atoms with Crippen LogP contribution in [0.2, 0.25) is 5.02 Å². The van der Waals surface area contributed by atoms with E-state index in [4.69, 9.17) is 16.3 Å². The van der Waals surface area contributed by atoms with Crippen molar-refractivity contribution in [3.8, 4) is 0 Å². The fourth-order valence-corrected chi connectivity index (χ4v) is 4.11. The predicted octanol–water partition coefficient (Wildman–Crippen LogP) is 4.65. The molecule has 0 radical (unpaired) electrons. The molecule has 2 aromatic carbocycles. The van der Waals surface area contributed by atoms with Gasteiger partial charge in [-0.3, -0.25) is 14.6 Å². The van der Waals surface area contributed by atoms with E-state index in [1.54, 1.807) is 13.1 Å². The number of fused-ring (bicyclic) bond motifs is 1. The summed E-state index contributed by atoms with van der Waals surface area (Å²) < 4.78 is 5.26. The molecule has 0 bridgehead atoms. The van der Waals surface area contributed by atoms with Crippen LogP contribution in [0.3, 0.4) is 0 Å². The predicted molar refractivity (Wildman–Crippen MR) is 153 cm³/mol. The topological polar surface area (TPSA) is 121 Å². The third kappa shape index (κ3) is 9.76. The Morgan fingerprint density at radius 2 is 1.72 bits per heavy atom. The van der Waals surface area contributed by atoms with Crippen LogP contribution in [-0.2, 0) is 20.9 Å². The first-order valence-corrected chi connectivity index (χ1v) is 13.4. The monoisotopic (exact) mass is 553 g/mol. The van der Waals surface area contributed by atoms with Crippen LogP contribution >= 0.6 is 11.6 Å². The SMILES string of the molecule is CC(C)C[C@H](NC(=O)OCc1ccccc1)C(=O)N[C@@H](C)C(=O)NCCCNc1ccnc2cc(Cl)ccc12. The third-order valence-corrected chi connectivity index (χ3v) is 6.19. The molecule has 0 saturated heterocycles. The smallest absolute Gasteiger partial charge is 0.408 e. The van der Waals surface area contributed by atoms with Gasteiger partial charge in [-0.2, -0.15) is 0 Å². The zero-order chi connectivity index (χ0) is 28.2. The molecule has 3 rings (SSSR count). The maximum Gasteiger partial charge on any atom is 0.408 e. The fourth-order valence-electron chi connectivity index (χ4n) is 3.94. The third-order valence-electron chi connectivity index (χ3n) is 5.95. The number of hydrogen-bond acceptors (Lipinski definition) is 6. The van der Waals surface area contributed by atoms with Crippen molar-refractivity contribution in [3.63, 3.8) is 0 Å². The lowest BCUT2D eigenvalue weighted by atomic mass is 10.0. The molecule has 9 nitrogen and oxygen atoms in total. The van der Waals surface area contributed by atoms with E-state index in [1.807, 2.05) is 68.4 Å². The minimum atomic E-state index is -0.821. The average Bonchev–Trinajstić information content (AvgIpc) is 2.91. The Balaban J connectivity index is 1.41. The first-order chi connectivity index (χ1) is 18.7. The van der Waals surface area contributed by atoms with E-state index in [1.165, 1.54) is 0 Å². The van der Waals surface area contributed by atoms with Crippen LogP contribution in [0.1, 0.15) is 39.2 Å². The highest BCUT2D eigenvalue weighted by Gasteiger charge is 2.25. The molecule has 0 saturated carbocycles. The number of benzene rings is 2. The van der Waals surface area contributed by atoms with Crippen molar-refractivity contribution in [1.82, 2.24) is 20.9 Å². The highest BCUT2D eigenvalue weighted by atomic mass is 35.5. The summed E-state index contributed by atoms with van der Waals surface area (Å²) in [5, 5.41) is 13.1.